The Bertz CT molecular complexity index is 741. The third-order valence-electron chi connectivity index (χ3n) is 6.30. The van der Waals surface area contributed by atoms with E-state index in [0.29, 0.717) is 50.8 Å². The highest BCUT2D eigenvalue weighted by molar-refractivity contribution is 5.81. The molecule has 0 unspecified atom stereocenters. The molecule has 30 heavy (non-hydrogen) atoms. The lowest BCUT2D eigenvalue weighted by molar-refractivity contribution is -0.198. The molecular formula is C20H32N4O6. The average molecular weight is 424 g/mol. The van der Waals surface area contributed by atoms with Gasteiger partial charge in [0.15, 0.2) is 5.82 Å². The second-order valence-electron chi connectivity index (χ2n) is 8.93. The molecule has 1 aromatic heterocycles. The molecule has 0 radical (unpaired) electrons. The Morgan fingerprint density at radius 3 is 2.47 bits per heavy atom. The predicted molar refractivity (Wildman–Crippen MR) is 107 cm³/mol. The Kier molecular flexibility index (Phi) is 6.66. The van der Waals surface area contributed by atoms with Gasteiger partial charge in [-0.15, -0.1) is 0 Å². The van der Waals surface area contributed by atoms with E-state index in [0.717, 1.165) is 12.8 Å². The van der Waals surface area contributed by atoms with Crippen molar-refractivity contribution in [2.45, 2.75) is 76.0 Å². The fourth-order valence-corrected chi connectivity index (χ4v) is 4.21. The highest BCUT2D eigenvalue weighted by Gasteiger charge is 2.54. The summed E-state index contributed by atoms with van der Waals surface area (Å²) in [6, 6.07) is 0.531. The molecule has 4 rings (SSSR count). The van der Waals surface area contributed by atoms with E-state index < -0.39 is 17.2 Å². The molecule has 3 aliphatic rings. The highest BCUT2D eigenvalue weighted by Crippen LogP contribution is 2.41. The number of hydrogen-bond acceptors (Lipinski definition) is 8. The third-order valence-corrected chi connectivity index (χ3v) is 6.30. The van der Waals surface area contributed by atoms with Crippen LogP contribution < -0.4 is 10.2 Å². The van der Waals surface area contributed by atoms with Crippen molar-refractivity contribution in [1.82, 2.24) is 15.5 Å². The standard InChI is InChI=1S/C19H30N4O4.CH2O2/c1-12(2)14-20-17(27-22-14)23-9-6-19(7-10-23)16(25)18(3,8-11-26-19)21-15(24)13-4-5-13;2-1-3/h12-13,16,25H,4-11H2,1-3H3,(H,21,24);1H,(H,2,3)/t16-,18+;/m1./s1. The number of nitrogens with zero attached hydrogens (tertiary/aromatic N) is 3. The smallest absolute Gasteiger partial charge is 0.324 e. The number of aliphatic hydroxyl groups excluding tert-OH is 1. The van der Waals surface area contributed by atoms with Gasteiger partial charge >= 0.3 is 6.01 Å². The number of piperidine rings is 1. The molecule has 2 atom stereocenters. The van der Waals surface area contributed by atoms with Crippen LogP contribution in [0.25, 0.3) is 0 Å². The molecule has 0 aromatic carbocycles. The van der Waals surface area contributed by atoms with Crippen molar-refractivity contribution in [2.75, 3.05) is 24.6 Å². The molecule has 1 saturated carbocycles. The van der Waals surface area contributed by atoms with Crippen LogP contribution in [-0.4, -0.2) is 69.7 Å². The van der Waals surface area contributed by atoms with Gasteiger partial charge in [0, 0.05) is 31.5 Å². The monoisotopic (exact) mass is 424 g/mol. The van der Waals surface area contributed by atoms with Gasteiger partial charge in [0.25, 0.3) is 6.47 Å². The minimum Gasteiger partial charge on any atom is -0.483 e. The van der Waals surface area contributed by atoms with Gasteiger partial charge in [-0.2, -0.15) is 4.98 Å². The SMILES string of the molecule is CC(C)c1noc(N2CCC3(CC2)OCC[C@](C)(NC(=O)C2CC2)[C@H]3O)n1.O=CO. The van der Waals surface area contributed by atoms with Crippen molar-refractivity contribution in [2.24, 2.45) is 5.92 Å². The Labute approximate surface area is 176 Å². The van der Waals surface area contributed by atoms with Crippen LogP contribution in [0.5, 0.6) is 0 Å². The van der Waals surface area contributed by atoms with Gasteiger partial charge in [0.1, 0.15) is 6.10 Å². The van der Waals surface area contributed by atoms with E-state index in [4.69, 9.17) is 19.2 Å². The van der Waals surface area contributed by atoms with Gasteiger partial charge in [0.2, 0.25) is 5.91 Å². The maximum atomic E-state index is 12.3. The zero-order valence-electron chi connectivity index (χ0n) is 17.8. The van der Waals surface area contributed by atoms with E-state index in [-0.39, 0.29) is 24.2 Å². The molecule has 10 nitrogen and oxygen atoms in total. The Morgan fingerprint density at radius 1 is 1.30 bits per heavy atom. The first-order valence-corrected chi connectivity index (χ1v) is 10.5. The van der Waals surface area contributed by atoms with Crippen molar-refractivity contribution in [3.63, 3.8) is 0 Å². The number of amides is 1. The van der Waals surface area contributed by atoms with Crippen LogP contribution in [0.3, 0.4) is 0 Å². The maximum Gasteiger partial charge on any atom is 0.324 e. The molecule has 0 bridgehead atoms. The summed E-state index contributed by atoms with van der Waals surface area (Å²) in [6.07, 6.45) is 3.11. The second-order valence-corrected chi connectivity index (χ2v) is 8.93. The number of rotatable bonds is 4. The topological polar surface area (TPSA) is 138 Å². The maximum absolute atomic E-state index is 12.3. The third kappa shape index (κ3) is 4.59. The van der Waals surface area contributed by atoms with E-state index in [1.165, 1.54) is 0 Å². The van der Waals surface area contributed by atoms with Crippen LogP contribution >= 0.6 is 0 Å². The Balaban J connectivity index is 0.000000806. The number of carboxylic acid groups (broad SMARTS) is 1. The molecule has 168 valence electrons. The van der Waals surface area contributed by atoms with Crippen molar-refractivity contribution < 1.29 is 29.1 Å². The minimum atomic E-state index is -0.738. The van der Waals surface area contributed by atoms with Crippen LogP contribution in [0.1, 0.15) is 64.6 Å². The van der Waals surface area contributed by atoms with Gasteiger partial charge in [0.05, 0.1) is 11.1 Å². The number of anilines is 1. The average Bonchev–Trinajstić information content (AvgIpc) is 3.44. The van der Waals surface area contributed by atoms with Crippen LogP contribution in [0, 0.1) is 5.92 Å². The van der Waals surface area contributed by atoms with Crippen LogP contribution in [0.2, 0.25) is 0 Å². The van der Waals surface area contributed by atoms with Gasteiger partial charge in [-0.25, -0.2) is 0 Å². The van der Waals surface area contributed by atoms with E-state index in [9.17, 15) is 9.90 Å². The lowest BCUT2D eigenvalue weighted by atomic mass is 9.73. The lowest BCUT2D eigenvalue weighted by Crippen LogP contribution is -2.69. The molecule has 1 amide bonds. The minimum absolute atomic E-state index is 0.0677. The molecule has 1 aliphatic carbocycles. The van der Waals surface area contributed by atoms with Crippen LogP contribution in [-0.2, 0) is 14.3 Å². The quantitative estimate of drug-likeness (QED) is 0.610. The fourth-order valence-electron chi connectivity index (χ4n) is 4.21. The zero-order chi connectivity index (χ0) is 21.9. The van der Waals surface area contributed by atoms with Crippen LogP contribution in [0.4, 0.5) is 6.01 Å². The van der Waals surface area contributed by atoms with Crippen molar-refractivity contribution >= 4 is 18.4 Å². The summed E-state index contributed by atoms with van der Waals surface area (Å²) in [7, 11) is 0. The predicted octanol–water partition coefficient (Wildman–Crippen LogP) is 1.30. The molecule has 2 saturated heterocycles. The van der Waals surface area contributed by atoms with Gasteiger partial charge in [-0.05, 0) is 39.0 Å². The molecule has 1 spiro atoms. The second kappa shape index (κ2) is 8.89. The number of carbonyl (C=O) groups is 2. The molecule has 3 heterocycles. The molecule has 2 aliphatic heterocycles. The Morgan fingerprint density at radius 2 is 1.93 bits per heavy atom. The summed E-state index contributed by atoms with van der Waals surface area (Å²) in [4.78, 5) is 27.2. The summed E-state index contributed by atoms with van der Waals surface area (Å²) in [5, 5.41) is 25.2. The van der Waals surface area contributed by atoms with Crippen molar-refractivity contribution in [1.29, 1.82) is 0 Å². The van der Waals surface area contributed by atoms with Crippen molar-refractivity contribution in [3.05, 3.63) is 5.82 Å². The summed E-state index contributed by atoms with van der Waals surface area (Å²) >= 11 is 0. The summed E-state index contributed by atoms with van der Waals surface area (Å²) in [5.74, 6) is 1.12. The number of nitrogens with one attached hydrogen (secondary N) is 1. The molecule has 1 aromatic rings. The normalized spacial score (nSPS) is 28.0. The largest absolute Gasteiger partial charge is 0.483 e. The number of carbonyl (C=O) groups excluding carboxylic acids is 1. The number of ether oxygens (including phenoxy) is 1. The van der Waals surface area contributed by atoms with E-state index in [1.54, 1.807) is 0 Å². The van der Waals surface area contributed by atoms with E-state index in [2.05, 4.69) is 20.4 Å². The molecular weight excluding hydrogens is 392 g/mol. The first-order chi connectivity index (χ1) is 14.2. The molecule has 3 N–H and O–H groups in total. The molecule has 3 fully saturated rings. The Hall–Kier alpha value is -2.20. The van der Waals surface area contributed by atoms with E-state index >= 15 is 0 Å². The zero-order valence-corrected chi connectivity index (χ0v) is 17.8. The van der Waals surface area contributed by atoms with Gasteiger partial charge in [-0.1, -0.05) is 19.0 Å². The summed E-state index contributed by atoms with van der Waals surface area (Å²) < 4.78 is 11.5. The first-order valence-electron chi connectivity index (χ1n) is 10.5. The molecule has 10 heteroatoms. The van der Waals surface area contributed by atoms with Crippen molar-refractivity contribution in [3.8, 4) is 0 Å². The number of aliphatic hydroxyl groups is 1. The lowest BCUT2D eigenvalue weighted by Gasteiger charge is -2.53. The number of aromatic nitrogens is 2. The first kappa shape index (κ1) is 22.5. The van der Waals surface area contributed by atoms with Gasteiger partial charge < -0.3 is 29.7 Å². The summed E-state index contributed by atoms with van der Waals surface area (Å²) in [5.41, 5.74) is -1.28. The fraction of sp³-hybridized carbons (Fsp3) is 0.800. The highest BCUT2D eigenvalue weighted by atomic mass is 16.5. The van der Waals surface area contributed by atoms with E-state index in [1.807, 2.05) is 20.8 Å². The number of hydrogen-bond donors (Lipinski definition) is 3. The van der Waals surface area contributed by atoms with Gasteiger partial charge in [-0.3, -0.25) is 9.59 Å². The van der Waals surface area contributed by atoms with Crippen LogP contribution in [0.15, 0.2) is 4.52 Å². The summed E-state index contributed by atoms with van der Waals surface area (Å²) in [6.45, 7) is 7.64.